The van der Waals surface area contributed by atoms with Crippen LogP contribution in [-0.2, 0) is 34.4 Å². The van der Waals surface area contributed by atoms with Gasteiger partial charge in [0.25, 0.3) is 0 Å². The maximum atomic E-state index is 13.1. The van der Waals surface area contributed by atoms with E-state index in [1.807, 2.05) is 30.3 Å². The maximum Gasteiger partial charge on any atom is 0.472 e. The van der Waals surface area contributed by atoms with Crippen LogP contribution in [0.4, 0.5) is 5.82 Å². The van der Waals surface area contributed by atoms with Crippen LogP contribution in [0.2, 0.25) is 0 Å². The smallest absolute Gasteiger partial charge is 0.387 e. The third kappa shape index (κ3) is 10.2. The monoisotopic (exact) mass is 746 g/mol. The van der Waals surface area contributed by atoms with Gasteiger partial charge in [-0.1, -0.05) is 121 Å². The van der Waals surface area contributed by atoms with Crippen molar-refractivity contribution in [3.63, 3.8) is 0 Å². The Labute approximate surface area is 307 Å². The number of hydrogen-bond acceptors (Lipinski definition) is 11. The number of rotatable bonds is 26. The summed E-state index contributed by atoms with van der Waals surface area (Å²) in [6.45, 7) is 4.46. The van der Waals surface area contributed by atoms with Gasteiger partial charge in [-0.05, 0) is 31.0 Å². The van der Waals surface area contributed by atoms with Crippen molar-refractivity contribution in [3.8, 4) is 0 Å². The van der Waals surface area contributed by atoms with Crippen LogP contribution in [0.5, 0.6) is 0 Å². The van der Waals surface area contributed by atoms with E-state index in [1.54, 1.807) is 12.1 Å². The van der Waals surface area contributed by atoms with E-state index in [4.69, 9.17) is 29.0 Å². The van der Waals surface area contributed by atoms with Crippen molar-refractivity contribution >= 4 is 19.2 Å². The van der Waals surface area contributed by atoms with Crippen molar-refractivity contribution in [2.45, 2.75) is 146 Å². The molecule has 3 aromatic rings. The van der Waals surface area contributed by atoms with Crippen LogP contribution in [-0.4, -0.2) is 79.0 Å². The second-order valence-corrected chi connectivity index (χ2v) is 15.9. The van der Waals surface area contributed by atoms with Crippen LogP contribution in [0, 0.1) is 0 Å². The molecule has 1 aliphatic heterocycles. The molecule has 2 fully saturated rings. The molecule has 290 valence electrons. The topological polar surface area (TPSA) is 180 Å². The largest absolute Gasteiger partial charge is 0.472 e. The normalized spacial score (nSPS) is 25.7. The molecule has 1 aliphatic carbocycles. The number of benzene rings is 1. The van der Waals surface area contributed by atoms with Crippen molar-refractivity contribution in [1.82, 2.24) is 14.6 Å². The predicted octanol–water partition coefficient (Wildman–Crippen LogP) is 6.83. The zero-order valence-electron chi connectivity index (χ0n) is 30.8. The fraction of sp³-hybridized carbons (Fsp3) is 0.684. The first kappa shape index (κ1) is 40.7. The molecule has 7 atom stereocenters. The number of unbranched alkanes of at least 4 members (excludes halogenated alkanes) is 13. The highest BCUT2D eigenvalue weighted by Gasteiger charge is 2.87. The highest BCUT2D eigenvalue weighted by molar-refractivity contribution is 7.47. The Morgan fingerprint density at radius 2 is 1.58 bits per heavy atom. The quantitative estimate of drug-likeness (QED) is 0.0498. The van der Waals surface area contributed by atoms with Gasteiger partial charge in [0, 0.05) is 6.61 Å². The number of aliphatic hydroxyl groups is 2. The lowest BCUT2D eigenvalue weighted by atomic mass is 10.0. The standard InChI is InChI=1S/C38H59N4O9P/c1-3-4-5-6-7-8-9-10-11-12-13-14-15-19-24-47-26-30(48-25-29-20-17-16-18-21-29)27-49-52(45,46)51-36-37(2)38(36,44)34(43)33(50-37)31-22-23-32-35(39)40-28-41-42(31)32/h16-18,20-23,28,30,33-34,36,43-44H,3-15,19,24-27H2,1-2H3,(H,45,46)(H2,39,40,41)/t30-,33+,34-,36+,37+,38+/m0/s1. The number of nitrogens with two attached hydrogens (primary N) is 1. The zero-order valence-corrected chi connectivity index (χ0v) is 31.7. The van der Waals surface area contributed by atoms with Gasteiger partial charge in [-0.15, -0.1) is 0 Å². The molecule has 1 saturated carbocycles. The van der Waals surface area contributed by atoms with Crippen molar-refractivity contribution in [2.24, 2.45) is 0 Å². The maximum absolute atomic E-state index is 13.1. The minimum atomic E-state index is -4.73. The first-order chi connectivity index (χ1) is 25.1. The number of ether oxygens (including phenoxy) is 3. The number of hydrogen-bond donors (Lipinski definition) is 4. The molecule has 1 saturated heterocycles. The number of fused-ring (bicyclic) bond motifs is 2. The summed E-state index contributed by atoms with van der Waals surface area (Å²) < 4.78 is 43.4. The number of nitrogen functional groups attached to an aromatic ring is 1. The summed E-state index contributed by atoms with van der Waals surface area (Å²) in [6, 6.07) is 12.9. The summed E-state index contributed by atoms with van der Waals surface area (Å²) in [5.41, 5.74) is 4.37. The molecule has 0 bridgehead atoms. The molecular formula is C38H59N4O9P. The molecule has 5 N–H and O–H groups in total. The van der Waals surface area contributed by atoms with E-state index in [0.717, 1.165) is 18.4 Å². The average Bonchev–Trinajstić information content (AvgIpc) is 3.39. The molecule has 0 spiro atoms. The molecule has 0 radical (unpaired) electrons. The fourth-order valence-corrected chi connectivity index (χ4v) is 8.25. The van der Waals surface area contributed by atoms with Crippen LogP contribution < -0.4 is 5.73 Å². The molecule has 2 aliphatic rings. The van der Waals surface area contributed by atoms with E-state index in [2.05, 4.69) is 17.0 Å². The second kappa shape index (κ2) is 19.2. The molecule has 5 rings (SSSR count). The van der Waals surface area contributed by atoms with Crippen LogP contribution >= 0.6 is 7.82 Å². The third-order valence-corrected chi connectivity index (χ3v) is 11.4. The van der Waals surface area contributed by atoms with Gasteiger partial charge in [0.2, 0.25) is 0 Å². The zero-order chi connectivity index (χ0) is 37.0. The van der Waals surface area contributed by atoms with Gasteiger partial charge in [0.05, 0.1) is 25.5 Å². The number of aliphatic hydroxyl groups excluding tert-OH is 1. The van der Waals surface area contributed by atoms with Crippen molar-refractivity contribution < 1.29 is 42.9 Å². The Bertz CT molecular complexity index is 1560. The summed E-state index contributed by atoms with van der Waals surface area (Å²) in [5, 5.41) is 26.8. The predicted molar refractivity (Wildman–Crippen MR) is 197 cm³/mol. The third-order valence-electron chi connectivity index (χ3n) is 10.5. The first-order valence-corrected chi connectivity index (χ1v) is 20.7. The summed E-state index contributed by atoms with van der Waals surface area (Å²) in [6.07, 6.45) is 14.7. The van der Waals surface area contributed by atoms with Gasteiger partial charge in [-0.25, -0.2) is 14.1 Å². The Morgan fingerprint density at radius 1 is 0.942 bits per heavy atom. The van der Waals surface area contributed by atoms with Gasteiger partial charge in [-0.2, -0.15) is 5.10 Å². The minimum absolute atomic E-state index is 0.166. The summed E-state index contributed by atoms with van der Waals surface area (Å²) in [7, 11) is -4.73. The number of anilines is 1. The molecule has 1 unspecified atom stereocenters. The number of aromatic nitrogens is 3. The summed E-state index contributed by atoms with van der Waals surface area (Å²) in [5.74, 6) is 0.245. The first-order valence-electron chi connectivity index (χ1n) is 19.2. The van der Waals surface area contributed by atoms with E-state index < -0.39 is 43.4 Å². The number of phosphoric ester groups is 1. The van der Waals surface area contributed by atoms with E-state index in [9.17, 15) is 19.7 Å². The van der Waals surface area contributed by atoms with Crippen molar-refractivity contribution in [3.05, 3.63) is 60.0 Å². The Kier molecular flexibility index (Phi) is 15.1. The highest BCUT2D eigenvalue weighted by Crippen LogP contribution is 2.68. The molecule has 2 aromatic heterocycles. The van der Waals surface area contributed by atoms with Crippen LogP contribution in [0.3, 0.4) is 0 Å². The second-order valence-electron chi connectivity index (χ2n) is 14.5. The number of phosphoric acid groups is 1. The van der Waals surface area contributed by atoms with E-state index >= 15 is 0 Å². The Morgan fingerprint density at radius 3 is 2.19 bits per heavy atom. The lowest BCUT2D eigenvalue weighted by Crippen LogP contribution is -2.35. The van der Waals surface area contributed by atoms with E-state index in [0.29, 0.717) is 17.8 Å². The summed E-state index contributed by atoms with van der Waals surface area (Å²) >= 11 is 0. The van der Waals surface area contributed by atoms with Crippen molar-refractivity contribution in [2.75, 3.05) is 25.6 Å². The van der Waals surface area contributed by atoms with E-state index in [1.165, 1.54) is 94.8 Å². The summed E-state index contributed by atoms with van der Waals surface area (Å²) in [4.78, 5) is 14.7. The highest BCUT2D eigenvalue weighted by atomic mass is 31.2. The molecule has 3 heterocycles. The van der Waals surface area contributed by atoms with Crippen molar-refractivity contribution in [1.29, 1.82) is 0 Å². The average molecular weight is 747 g/mol. The lowest BCUT2D eigenvalue weighted by molar-refractivity contribution is -0.0837. The van der Waals surface area contributed by atoms with Crippen LogP contribution in [0.1, 0.15) is 121 Å². The van der Waals surface area contributed by atoms with Gasteiger partial charge in [0.1, 0.15) is 41.9 Å². The van der Waals surface area contributed by atoms with Gasteiger partial charge in [0.15, 0.2) is 11.4 Å². The van der Waals surface area contributed by atoms with Gasteiger partial charge < -0.3 is 35.1 Å². The molecular weight excluding hydrogens is 687 g/mol. The molecule has 13 nitrogen and oxygen atoms in total. The van der Waals surface area contributed by atoms with Gasteiger partial charge in [-0.3, -0.25) is 9.05 Å². The lowest BCUT2D eigenvalue weighted by Gasteiger charge is -2.24. The fourth-order valence-electron chi connectivity index (χ4n) is 7.20. The SMILES string of the molecule is CCCCCCCCCCCCCCCCOC[C@@H](COP(=O)(O)O[C@H]1[C@]2(O)[C@@H](O)[C@@H](c3ccc4c(N)ncnn34)O[C@]12C)OCc1ccccc1. The molecule has 0 amide bonds. The minimum Gasteiger partial charge on any atom is -0.387 e. The Balaban J connectivity index is 1.02. The molecule has 1 aromatic carbocycles. The van der Waals surface area contributed by atoms with Crippen LogP contribution in [0.25, 0.3) is 5.52 Å². The van der Waals surface area contributed by atoms with Gasteiger partial charge >= 0.3 is 7.82 Å². The van der Waals surface area contributed by atoms with Crippen LogP contribution in [0.15, 0.2) is 48.8 Å². The molecule has 14 heteroatoms. The van der Waals surface area contributed by atoms with E-state index in [-0.39, 0.29) is 25.6 Å². The molecule has 52 heavy (non-hydrogen) atoms. The number of nitrogens with zero attached hydrogens (tertiary/aromatic N) is 3. The Hall–Kier alpha value is -2.45.